The van der Waals surface area contributed by atoms with Gasteiger partial charge in [0.1, 0.15) is 18.1 Å². The van der Waals surface area contributed by atoms with E-state index in [1.807, 2.05) is 48.7 Å². The van der Waals surface area contributed by atoms with Crippen molar-refractivity contribution >= 4 is 5.71 Å². The van der Waals surface area contributed by atoms with Crippen LogP contribution in [-0.2, 0) is 9.57 Å². The van der Waals surface area contributed by atoms with E-state index in [4.69, 9.17) is 9.57 Å². The van der Waals surface area contributed by atoms with Gasteiger partial charge in [-0.3, -0.25) is 4.98 Å². The Morgan fingerprint density at radius 2 is 1.83 bits per heavy atom. The molecule has 154 valence electrons. The topological polar surface area (TPSA) is 43.7 Å². The lowest BCUT2D eigenvalue weighted by atomic mass is 9.82. The Kier molecular flexibility index (Phi) is 6.75. The Bertz CT molecular complexity index is 931. The fraction of sp³-hybridized carbons (Fsp3) is 0.308. The SMILES string of the molecule is CCOC1=C2CCC=C(CCO/N=C(\c3ccccc3)c3cccnc3)C2=CCC1. The van der Waals surface area contributed by atoms with E-state index in [0.29, 0.717) is 6.61 Å². The zero-order chi connectivity index (χ0) is 20.6. The fourth-order valence-corrected chi connectivity index (χ4v) is 4.08. The van der Waals surface area contributed by atoms with Gasteiger partial charge in [-0.05, 0) is 55.0 Å². The van der Waals surface area contributed by atoms with Crippen molar-refractivity contribution in [2.75, 3.05) is 13.2 Å². The molecule has 1 aromatic heterocycles. The molecule has 0 amide bonds. The Morgan fingerprint density at radius 3 is 2.63 bits per heavy atom. The van der Waals surface area contributed by atoms with Crippen LogP contribution in [-0.4, -0.2) is 23.9 Å². The third kappa shape index (κ3) is 4.70. The number of benzene rings is 1. The Morgan fingerprint density at radius 1 is 1.00 bits per heavy atom. The van der Waals surface area contributed by atoms with E-state index in [9.17, 15) is 0 Å². The number of aromatic nitrogens is 1. The van der Waals surface area contributed by atoms with Crippen LogP contribution in [0.2, 0.25) is 0 Å². The van der Waals surface area contributed by atoms with Crippen molar-refractivity contribution in [3.8, 4) is 0 Å². The number of allylic oxidation sites excluding steroid dienone is 5. The van der Waals surface area contributed by atoms with Crippen LogP contribution in [0.4, 0.5) is 0 Å². The lowest BCUT2D eigenvalue weighted by Gasteiger charge is -2.26. The van der Waals surface area contributed by atoms with Crippen LogP contribution in [0.15, 0.2) is 94.6 Å². The minimum atomic E-state index is 0.539. The van der Waals surface area contributed by atoms with Crippen molar-refractivity contribution in [3.05, 3.63) is 101 Å². The summed E-state index contributed by atoms with van der Waals surface area (Å²) >= 11 is 0. The standard InChI is InChI=1S/C26H28N2O2/c1-2-29-25-15-7-13-23-20(11-6-14-24(23)25)16-18-30-28-26(21-9-4-3-5-10-21)22-12-8-17-27-19-22/h3-5,8-13,17,19H,2,6-7,14-16,18H2,1H3/b28-26+. The van der Waals surface area contributed by atoms with Gasteiger partial charge in [0.15, 0.2) is 0 Å². The van der Waals surface area contributed by atoms with E-state index in [1.54, 1.807) is 6.20 Å². The summed E-state index contributed by atoms with van der Waals surface area (Å²) in [6.07, 6.45) is 13.3. The summed E-state index contributed by atoms with van der Waals surface area (Å²) < 4.78 is 5.91. The molecule has 4 rings (SSSR count). The van der Waals surface area contributed by atoms with Gasteiger partial charge in [0.05, 0.1) is 6.61 Å². The summed E-state index contributed by atoms with van der Waals surface area (Å²) in [6.45, 7) is 3.33. The van der Waals surface area contributed by atoms with Crippen LogP contribution in [0.25, 0.3) is 0 Å². The van der Waals surface area contributed by atoms with Gasteiger partial charge in [0, 0.05) is 36.4 Å². The molecule has 30 heavy (non-hydrogen) atoms. The number of nitrogens with zero attached hydrogens (tertiary/aromatic N) is 2. The summed E-state index contributed by atoms with van der Waals surface area (Å²) in [5.74, 6) is 1.18. The molecule has 0 unspecified atom stereocenters. The molecule has 0 atom stereocenters. The van der Waals surface area contributed by atoms with E-state index in [0.717, 1.165) is 55.5 Å². The number of hydrogen-bond donors (Lipinski definition) is 0. The highest BCUT2D eigenvalue weighted by Gasteiger charge is 2.22. The van der Waals surface area contributed by atoms with E-state index in [1.165, 1.54) is 22.5 Å². The number of fused-ring (bicyclic) bond motifs is 1. The van der Waals surface area contributed by atoms with Gasteiger partial charge in [-0.15, -0.1) is 0 Å². The molecule has 0 N–H and O–H groups in total. The molecule has 4 nitrogen and oxygen atoms in total. The van der Waals surface area contributed by atoms with Crippen molar-refractivity contribution < 1.29 is 9.57 Å². The second-order valence-electron chi connectivity index (χ2n) is 7.39. The van der Waals surface area contributed by atoms with E-state index >= 15 is 0 Å². The van der Waals surface area contributed by atoms with Gasteiger partial charge < -0.3 is 9.57 Å². The number of pyridine rings is 1. The summed E-state index contributed by atoms with van der Waals surface area (Å²) in [7, 11) is 0. The van der Waals surface area contributed by atoms with Crippen molar-refractivity contribution in [3.63, 3.8) is 0 Å². The second-order valence-corrected chi connectivity index (χ2v) is 7.39. The fourth-order valence-electron chi connectivity index (χ4n) is 4.08. The predicted octanol–water partition coefficient (Wildman–Crippen LogP) is 5.97. The average molecular weight is 401 g/mol. The lowest BCUT2D eigenvalue weighted by Crippen LogP contribution is -2.11. The van der Waals surface area contributed by atoms with Crippen LogP contribution in [0.5, 0.6) is 0 Å². The molecule has 0 bridgehead atoms. The zero-order valence-corrected chi connectivity index (χ0v) is 17.5. The highest BCUT2D eigenvalue weighted by atomic mass is 16.6. The second kappa shape index (κ2) is 10.1. The van der Waals surface area contributed by atoms with Crippen LogP contribution < -0.4 is 0 Å². The summed E-state index contributed by atoms with van der Waals surface area (Å²) in [5.41, 5.74) is 6.87. The lowest BCUT2D eigenvalue weighted by molar-refractivity contribution is 0.148. The van der Waals surface area contributed by atoms with Crippen molar-refractivity contribution in [1.82, 2.24) is 4.98 Å². The normalized spacial score (nSPS) is 16.5. The average Bonchev–Trinajstić information content (AvgIpc) is 2.81. The summed E-state index contributed by atoms with van der Waals surface area (Å²) in [4.78, 5) is 10.0. The monoisotopic (exact) mass is 400 g/mol. The molecule has 4 heteroatoms. The first-order valence-corrected chi connectivity index (χ1v) is 10.8. The molecule has 0 aliphatic heterocycles. The molecule has 0 radical (unpaired) electrons. The first-order valence-electron chi connectivity index (χ1n) is 10.8. The van der Waals surface area contributed by atoms with Gasteiger partial charge in [-0.1, -0.05) is 47.6 Å². The van der Waals surface area contributed by atoms with Crippen LogP contribution in [0.3, 0.4) is 0 Å². The molecular formula is C26H28N2O2. The molecule has 0 fully saturated rings. The number of oxime groups is 1. The molecule has 0 saturated carbocycles. The van der Waals surface area contributed by atoms with Crippen LogP contribution in [0.1, 0.15) is 50.2 Å². The number of hydrogen-bond acceptors (Lipinski definition) is 4. The van der Waals surface area contributed by atoms with E-state index < -0.39 is 0 Å². The van der Waals surface area contributed by atoms with Gasteiger partial charge >= 0.3 is 0 Å². The summed E-state index contributed by atoms with van der Waals surface area (Å²) in [5, 5.41) is 4.49. The van der Waals surface area contributed by atoms with Crippen LogP contribution >= 0.6 is 0 Å². The highest BCUT2D eigenvalue weighted by Crippen LogP contribution is 2.38. The smallest absolute Gasteiger partial charge is 0.121 e. The molecule has 1 heterocycles. The third-order valence-electron chi connectivity index (χ3n) is 5.43. The maximum absolute atomic E-state index is 5.91. The number of ether oxygens (including phenoxy) is 1. The van der Waals surface area contributed by atoms with Crippen molar-refractivity contribution in [1.29, 1.82) is 0 Å². The minimum absolute atomic E-state index is 0.539. The molecular weight excluding hydrogens is 372 g/mol. The molecule has 1 aromatic carbocycles. The minimum Gasteiger partial charge on any atom is -0.498 e. The highest BCUT2D eigenvalue weighted by molar-refractivity contribution is 6.12. The largest absolute Gasteiger partial charge is 0.498 e. The van der Waals surface area contributed by atoms with Gasteiger partial charge in [0.2, 0.25) is 0 Å². The predicted molar refractivity (Wildman–Crippen MR) is 120 cm³/mol. The molecule has 2 aromatic rings. The van der Waals surface area contributed by atoms with Crippen LogP contribution in [0, 0.1) is 0 Å². The van der Waals surface area contributed by atoms with Crippen molar-refractivity contribution in [2.45, 2.75) is 39.0 Å². The first kappa shape index (κ1) is 20.1. The Labute approximate surface area is 178 Å². The van der Waals surface area contributed by atoms with Gasteiger partial charge in [-0.25, -0.2) is 0 Å². The Hall–Kier alpha value is -3.14. The maximum atomic E-state index is 5.91. The Balaban J connectivity index is 1.46. The van der Waals surface area contributed by atoms with Gasteiger partial charge in [0.25, 0.3) is 0 Å². The van der Waals surface area contributed by atoms with E-state index in [-0.39, 0.29) is 0 Å². The van der Waals surface area contributed by atoms with Gasteiger partial charge in [-0.2, -0.15) is 0 Å². The maximum Gasteiger partial charge on any atom is 0.121 e. The quantitative estimate of drug-likeness (QED) is 0.311. The third-order valence-corrected chi connectivity index (χ3v) is 5.43. The summed E-state index contributed by atoms with van der Waals surface area (Å²) in [6, 6.07) is 14.0. The molecule has 2 aliphatic carbocycles. The number of rotatable bonds is 8. The van der Waals surface area contributed by atoms with Crippen molar-refractivity contribution in [2.24, 2.45) is 5.16 Å². The first-order chi connectivity index (χ1) is 14.9. The van der Waals surface area contributed by atoms with E-state index in [2.05, 4.69) is 29.2 Å². The zero-order valence-electron chi connectivity index (χ0n) is 17.5. The molecule has 2 aliphatic rings. The molecule has 0 spiro atoms. The molecule has 0 saturated heterocycles.